The average molecular weight is 329 g/mol. The van der Waals surface area contributed by atoms with Crippen molar-refractivity contribution in [3.05, 3.63) is 30.5 Å². The van der Waals surface area contributed by atoms with Crippen LogP contribution in [0.5, 0.6) is 5.75 Å². The van der Waals surface area contributed by atoms with Gasteiger partial charge in [0.25, 0.3) is 0 Å². The summed E-state index contributed by atoms with van der Waals surface area (Å²) in [6, 6.07) is 6.87. The van der Waals surface area contributed by atoms with Gasteiger partial charge >= 0.3 is 12.0 Å². The summed E-state index contributed by atoms with van der Waals surface area (Å²) in [5.41, 5.74) is 1.29. The Hall–Kier alpha value is -2.83. The van der Waals surface area contributed by atoms with Gasteiger partial charge in [0.15, 0.2) is 0 Å². The number of urea groups is 1. The van der Waals surface area contributed by atoms with Crippen LogP contribution in [0.1, 0.15) is 12.8 Å². The first-order chi connectivity index (χ1) is 11.6. The molecule has 24 heavy (non-hydrogen) atoms. The summed E-state index contributed by atoms with van der Waals surface area (Å²) in [5.74, 6) is -0.724. The maximum absolute atomic E-state index is 12.5. The van der Waals surface area contributed by atoms with Crippen LogP contribution in [0.3, 0.4) is 0 Å². The van der Waals surface area contributed by atoms with E-state index < -0.39 is 11.9 Å². The Bertz CT molecular complexity index is 778. The third-order valence-corrected chi connectivity index (χ3v) is 4.25. The summed E-state index contributed by atoms with van der Waals surface area (Å²) in [6.45, 7) is 0.787. The second kappa shape index (κ2) is 6.74. The molecule has 1 aliphatic heterocycles. The van der Waals surface area contributed by atoms with Crippen LogP contribution in [-0.2, 0) is 4.79 Å². The lowest BCUT2D eigenvalue weighted by Gasteiger charge is -2.30. The molecule has 7 nitrogen and oxygen atoms in total. The highest BCUT2D eigenvalue weighted by atomic mass is 16.5. The first-order valence-electron chi connectivity index (χ1n) is 7.80. The Balaban J connectivity index is 1.82. The van der Waals surface area contributed by atoms with Gasteiger partial charge in [-0.3, -0.25) is 9.78 Å². The number of carboxylic acids is 1. The van der Waals surface area contributed by atoms with Gasteiger partial charge < -0.3 is 20.1 Å². The van der Waals surface area contributed by atoms with Gasteiger partial charge in [-0.05, 0) is 37.1 Å². The van der Waals surface area contributed by atoms with Gasteiger partial charge in [0.05, 0.1) is 18.7 Å². The minimum atomic E-state index is -0.855. The zero-order valence-electron chi connectivity index (χ0n) is 13.4. The molecule has 0 saturated carbocycles. The maximum Gasteiger partial charge on any atom is 0.321 e. The van der Waals surface area contributed by atoms with E-state index in [2.05, 4.69) is 10.3 Å². The number of aromatic nitrogens is 1. The number of pyridine rings is 1. The van der Waals surface area contributed by atoms with E-state index >= 15 is 0 Å². The van der Waals surface area contributed by atoms with E-state index in [1.807, 2.05) is 6.07 Å². The number of methoxy groups -OCH3 is 1. The second-order valence-electron chi connectivity index (χ2n) is 5.77. The number of likely N-dealkylation sites (tertiary alicyclic amines) is 1. The number of piperidine rings is 1. The number of anilines is 1. The molecule has 0 bridgehead atoms. The van der Waals surface area contributed by atoms with Crippen molar-refractivity contribution in [3.8, 4) is 5.75 Å². The molecule has 1 aromatic carbocycles. The highest BCUT2D eigenvalue weighted by Gasteiger charge is 2.28. The molecule has 1 aliphatic rings. The van der Waals surface area contributed by atoms with Crippen LogP contribution >= 0.6 is 0 Å². The second-order valence-corrected chi connectivity index (χ2v) is 5.77. The van der Waals surface area contributed by atoms with Crippen molar-refractivity contribution in [2.45, 2.75) is 12.8 Å². The van der Waals surface area contributed by atoms with Gasteiger partial charge in [0, 0.05) is 24.7 Å². The predicted octanol–water partition coefficient (Wildman–Crippen LogP) is 2.57. The zero-order chi connectivity index (χ0) is 17.1. The molecule has 0 radical (unpaired) electrons. The number of fused-ring (bicyclic) bond motifs is 1. The lowest BCUT2D eigenvalue weighted by atomic mass is 9.99. The van der Waals surface area contributed by atoms with Crippen molar-refractivity contribution in [1.82, 2.24) is 9.88 Å². The van der Waals surface area contributed by atoms with Crippen LogP contribution in [0.15, 0.2) is 30.5 Å². The molecule has 2 amide bonds. The molecule has 0 spiro atoms. The van der Waals surface area contributed by atoms with Crippen molar-refractivity contribution in [3.63, 3.8) is 0 Å². The van der Waals surface area contributed by atoms with Crippen LogP contribution in [0.4, 0.5) is 10.5 Å². The summed E-state index contributed by atoms with van der Waals surface area (Å²) < 4.78 is 5.29. The molecule has 3 rings (SSSR count). The molecule has 126 valence electrons. The number of nitrogens with zero attached hydrogens (tertiary/aromatic N) is 2. The molecule has 1 atom stereocenters. The number of carboxylic acid groups (broad SMARTS) is 1. The molecule has 7 heteroatoms. The molecule has 0 aliphatic carbocycles. The van der Waals surface area contributed by atoms with E-state index in [0.29, 0.717) is 36.3 Å². The van der Waals surface area contributed by atoms with Crippen LogP contribution in [-0.4, -0.2) is 47.2 Å². The number of ether oxygens (including phenoxy) is 1. The summed E-state index contributed by atoms with van der Waals surface area (Å²) >= 11 is 0. The molecule has 2 N–H and O–H groups in total. The van der Waals surface area contributed by atoms with Gasteiger partial charge in [0.1, 0.15) is 11.3 Å². The van der Waals surface area contributed by atoms with E-state index in [9.17, 15) is 9.59 Å². The van der Waals surface area contributed by atoms with Gasteiger partial charge in [0.2, 0.25) is 0 Å². The van der Waals surface area contributed by atoms with E-state index in [1.54, 1.807) is 36.4 Å². The summed E-state index contributed by atoms with van der Waals surface area (Å²) in [5, 5.41) is 12.8. The van der Waals surface area contributed by atoms with Crippen molar-refractivity contribution >= 4 is 28.6 Å². The van der Waals surface area contributed by atoms with Crippen molar-refractivity contribution in [2.75, 3.05) is 25.5 Å². The van der Waals surface area contributed by atoms with Crippen LogP contribution in [0.25, 0.3) is 10.9 Å². The normalized spacial score (nSPS) is 17.5. The van der Waals surface area contributed by atoms with Crippen LogP contribution in [0, 0.1) is 5.92 Å². The van der Waals surface area contributed by atoms with E-state index in [-0.39, 0.29) is 12.6 Å². The number of hydrogen-bond acceptors (Lipinski definition) is 4. The molecule has 2 aromatic rings. The number of nitrogens with one attached hydrogen (secondary N) is 1. The van der Waals surface area contributed by atoms with Crippen molar-refractivity contribution < 1.29 is 19.4 Å². The number of carbonyl (C=O) groups excluding carboxylic acids is 1. The largest absolute Gasteiger partial charge is 0.494 e. The fourth-order valence-electron chi connectivity index (χ4n) is 2.98. The Morgan fingerprint density at radius 3 is 2.96 bits per heavy atom. The number of amides is 2. The Labute approximate surface area is 139 Å². The van der Waals surface area contributed by atoms with E-state index in [1.165, 1.54) is 0 Å². The molecule has 1 aromatic heterocycles. The number of aliphatic carboxylic acids is 1. The highest BCUT2D eigenvalue weighted by molar-refractivity contribution is 6.02. The minimum Gasteiger partial charge on any atom is -0.494 e. The number of hydrogen-bond donors (Lipinski definition) is 2. The van der Waals surface area contributed by atoms with E-state index in [4.69, 9.17) is 9.84 Å². The first kappa shape index (κ1) is 16.0. The molecule has 2 heterocycles. The Morgan fingerprint density at radius 2 is 2.21 bits per heavy atom. The average Bonchev–Trinajstić information content (AvgIpc) is 2.62. The zero-order valence-corrected chi connectivity index (χ0v) is 13.4. The van der Waals surface area contributed by atoms with Gasteiger partial charge in [-0.15, -0.1) is 0 Å². The Morgan fingerprint density at radius 1 is 1.38 bits per heavy atom. The summed E-state index contributed by atoms with van der Waals surface area (Å²) in [4.78, 5) is 29.5. The third kappa shape index (κ3) is 3.10. The molecule has 1 unspecified atom stereocenters. The summed E-state index contributed by atoms with van der Waals surface area (Å²) in [7, 11) is 1.57. The third-order valence-electron chi connectivity index (χ3n) is 4.25. The van der Waals surface area contributed by atoms with Crippen molar-refractivity contribution in [1.29, 1.82) is 0 Å². The number of carbonyl (C=O) groups is 2. The molecule has 1 fully saturated rings. The SMILES string of the molecule is COc1ccc(NC(=O)N2CCCC(C(=O)O)C2)c2cccnc12. The standard InChI is InChI=1S/C17H19N3O4/c1-24-14-7-6-13(12-5-2-8-18-15(12)14)19-17(23)20-9-3-4-11(10-20)16(21)22/h2,5-8,11H,3-4,9-10H2,1H3,(H,19,23)(H,21,22). The molecular formula is C17H19N3O4. The quantitative estimate of drug-likeness (QED) is 0.903. The summed E-state index contributed by atoms with van der Waals surface area (Å²) in [6.07, 6.45) is 2.96. The van der Waals surface area contributed by atoms with Gasteiger partial charge in [-0.1, -0.05) is 0 Å². The fraction of sp³-hybridized carbons (Fsp3) is 0.353. The van der Waals surface area contributed by atoms with Crippen LogP contribution in [0.2, 0.25) is 0 Å². The fourth-order valence-corrected chi connectivity index (χ4v) is 2.98. The monoisotopic (exact) mass is 329 g/mol. The van der Waals surface area contributed by atoms with Gasteiger partial charge in [-0.2, -0.15) is 0 Å². The molecular weight excluding hydrogens is 310 g/mol. The highest BCUT2D eigenvalue weighted by Crippen LogP contribution is 2.30. The lowest BCUT2D eigenvalue weighted by molar-refractivity contribution is -0.143. The maximum atomic E-state index is 12.5. The lowest BCUT2D eigenvalue weighted by Crippen LogP contribution is -2.44. The van der Waals surface area contributed by atoms with Crippen molar-refractivity contribution in [2.24, 2.45) is 5.92 Å². The van der Waals surface area contributed by atoms with E-state index in [0.717, 1.165) is 5.39 Å². The number of benzene rings is 1. The smallest absolute Gasteiger partial charge is 0.321 e. The predicted molar refractivity (Wildman–Crippen MR) is 89.2 cm³/mol. The van der Waals surface area contributed by atoms with Crippen LogP contribution < -0.4 is 10.1 Å². The Kier molecular flexibility index (Phi) is 4.50. The number of rotatable bonds is 3. The first-order valence-corrected chi connectivity index (χ1v) is 7.80. The van der Waals surface area contributed by atoms with Gasteiger partial charge in [-0.25, -0.2) is 4.79 Å². The minimum absolute atomic E-state index is 0.230. The topological polar surface area (TPSA) is 91.8 Å². The molecule has 1 saturated heterocycles.